The van der Waals surface area contributed by atoms with Crippen LogP contribution < -0.4 is 11.3 Å². The number of rotatable bonds is 4. The smallest absolute Gasteiger partial charge is 0.378 e. The summed E-state index contributed by atoms with van der Waals surface area (Å²) in [6.45, 7) is 0.670. The molecule has 1 aliphatic heterocycles. The van der Waals surface area contributed by atoms with Gasteiger partial charge in [-0.05, 0) is 43.4 Å². The fourth-order valence-electron chi connectivity index (χ4n) is 2.53. The lowest BCUT2D eigenvalue weighted by atomic mass is 9.96. The zero-order valence-electron chi connectivity index (χ0n) is 11.4. The molecule has 2 rings (SSSR count). The van der Waals surface area contributed by atoms with Gasteiger partial charge < -0.3 is 4.74 Å². The van der Waals surface area contributed by atoms with Gasteiger partial charge >= 0.3 is 6.18 Å². The van der Waals surface area contributed by atoms with Crippen molar-refractivity contribution in [2.24, 2.45) is 5.84 Å². The van der Waals surface area contributed by atoms with E-state index < -0.39 is 23.6 Å². The second-order valence-electron chi connectivity index (χ2n) is 5.18. The van der Waals surface area contributed by atoms with Crippen molar-refractivity contribution in [3.05, 3.63) is 35.1 Å². The Morgan fingerprint density at radius 1 is 1.33 bits per heavy atom. The maximum absolute atomic E-state index is 13.6. The third-order valence-electron chi connectivity index (χ3n) is 3.67. The van der Waals surface area contributed by atoms with Crippen LogP contribution in [0.3, 0.4) is 0 Å². The van der Waals surface area contributed by atoms with Crippen molar-refractivity contribution in [1.29, 1.82) is 0 Å². The van der Waals surface area contributed by atoms with Crippen molar-refractivity contribution in [3.63, 3.8) is 0 Å². The van der Waals surface area contributed by atoms with Crippen LogP contribution in [0.15, 0.2) is 18.2 Å². The molecule has 1 aliphatic rings. The molecule has 0 radical (unpaired) electrons. The van der Waals surface area contributed by atoms with Crippen LogP contribution >= 0.6 is 0 Å². The summed E-state index contributed by atoms with van der Waals surface area (Å²) in [5.74, 6) is 4.16. The number of hydrogen-bond donors (Lipinski definition) is 2. The molecule has 2 atom stereocenters. The number of alkyl halides is 3. The van der Waals surface area contributed by atoms with E-state index in [-0.39, 0.29) is 6.10 Å². The van der Waals surface area contributed by atoms with E-state index in [9.17, 15) is 17.6 Å². The van der Waals surface area contributed by atoms with Crippen molar-refractivity contribution in [2.45, 2.75) is 44.0 Å². The van der Waals surface area contributed by atoms with E-state index in [4.69, 9.17) is 10.6 Å². The van der Waals surface area contributed by atoms with E-state index in [0.717, 1.165) is 31.4 Å². The predicted octanol–water partition coefficient (Wildman–Crippen LogP) is 3.31. The summed E-state index contributed by atoms with van der Waals surface area (Å²) in [5.41, 5.74) is 1.64. The van der Waals surface area contributed by atoms with Gasteiger partial charge in [0.25, 0.3) is 0 Å². The maximum Gasteiger partial charge on any atom is 0.419 e. The molecule has 0 saturated carbocycles. The molecule has 21 heavy (non-hydrogen) atoms. The molecular weight excluding hydrogens is 288 g/mol. The van der Waals surface area contributed by atoms with Gasteiger partial charge in [-0.15, -0.1) is 0 Å². The minimum absolute atomic E-state index is 0.00912. The lowest BCUT2D eigenvalue weighted by Crippen LogP contribution is -2.33. The third kappa shape index (κ3) is 4.15. The number of nitrogens with two attached hydrogens (primary N) is 1. The van der Waals surface area contributed by atoms with Crippen LogP contribution in [0, 0.1) is 5.82 Å². The topological polar surface area (TPSA) is 47.3 Å². The Hall–Kier alpha value is -1.18. The number of hydrogen-bond acceptors (Lipinski definition) is 3. The first-order valence-corrected chi connectivity index (χ1v) is 6.86. The monoisotopic (exact) mass is 306 g/mol. The molecule has 0 aromatic heterocycles. The van der Waals surface area contributed by atoms with Crippen molar-refractivity contribution in [2.75, 3.05) is 6.61 Å². The Labute approximate surface area is 120 Å². The first-order chi connectivity index (χ1) is 9.91. The van der Waals surface area contributed by atoms with Crippen LogP contribution in [-0.2, 0) is 10.9 Å². The Morgan fingerprint density at radius 3 is 2.62 bits per heavy atom. The van der Waals surface area contributed by atoms with Gasteiger partial charge in [0, 0.05) is 12.6 Å². The van der Waals surface area contributed by atoms with Crippen LogP contribution in [0.4, 0.5) is 17.6 Å². The number of nitrogens with one attached hydrogen (secondary N) is 1. The molecule has 1 aromatic carbocycles. The lowest BCUT2D eigenvalue weighted by molar-refractivity contribution is -0.140. The molecule has 7 heteroatoms. The van der Waals surface area contributed by atoms with Crippen LogP contribution in [-0.4, -0.2) is 12.7 Å². The standard InChI is InChI=1S/C14H18F4N2O/c15-12-7-9(4-5-11(12)14(16,17)18)13(20-19)8-10-3-1-2-6-21-10/h4-5,7,10,13,20H,1-3,6,8,19H2. The zero-order valence-corrected chi connectivity index (χ0v) is 11.4. The molecule has 1 fully saturated rings. The molecule has 3 N–H and O–H groups in total. The minimum atomic E-state index is -4.69. The summed E-state index contributed by atoms with van der Waals surface area (Å²) in [4.78, 5) is 0. The van der Waals surface area contributed by atoms with E-state index in [0.29, 0.717) is 18.6 Å². The molecular formula is C14H18F4N2O. The normalized spacial score (nSPS) is 21.3. The third-order valence-corrected chi connectivity index (χ3v) is 3.67. The van der Waals surface area contributed by atoms with Gasteiger partial charge in [-0.25, -0.2) is 4.39 Å². The summed E-state index contributed by atoms with van der Waals surface area (Å²) < 4.78 is 56.8. The highest BCUT2D eigenvalue weighted by Gasteiger charge is 2.34. The Balaban J connectivity index is 2.12. The molecule has 0 spiro atoms. The summed E-state index contributed by atoms with van der Waals surface area (Å²) in [6, 6.07) is 2.44. The van der Waals surface area contributed by atoms with Gasteiger partial charge in [-0.1, -0.05) is 6.07 Å². The molecule has 0 amide bonds. The molecule has 1 saturated heterocycles. The van der Waals surface area contributed by atoms with Crippen LogP contribution in [0.5, 0.6) is 0 Å². The maximum atomic E-state index is 13.6. The highest BCUT2D eigenvalue weighted by Crippen LogP contribution is 2.33. The van der Waals surface area contributed by atoms with Crippen molar-refractivity contribution >= 4 is 0 Å². The Morgan fingerprint density at radius 2 is 2.10 bits per heavy atom. The summed E-state index contributed by atoms with van der Waals surface area (Å²) in [5, 5.41) is 0. The van der Waals surface area contributed by atoms with E-state index >= 15 is 0 Å². The van der Waals surface area contributed by atoms with Gasteiger partial charge in [0.1, 0.15) is 5.82 Å². The van der Waals surface area contributed by atoms with Gasteiger partial charge in [0.2, 0.25) is 0 Å². The molecule has 0 bridgehead atoms. The van der Waals surface area contributed by atoms with Crippen LogP contribution in [0.1, 0.15) is 42.9 Å². The van der Waals surface area contributed by atoms with Crippen molar-refractivity contribution in [3.8, 4) is 0 Å². The summed E-state index contributed by atoms with van der Waals surface area (Å²) >= 11 is 0. The fourth-order valence-corrected chi connectivity index (χ4v) is 2.53. The lowest BCUT2D eigenvalue weighted by Gasteiger charge is -2.27. The fraction of sp³-hybridized carbons (Fsp3) is 0.571. The van der Waals surface area contributed by atoms with Crippen molar-refractivity contribution in [1.82, 2.24) is 5.43 Å². The van der Waals surface area contributed by atoms with Crippen LogP contribution in [0.25, 0.3) is 0 Å². The Kier molecular flexibility index (Phi) is 5.18. The largest absolute Gasteiger partial charge is 0.419 e. The van der Waals surface area contributed by atoms with Crippen molar-refractivity contribution < 1.29 is 22.3 Å². The first-order valence-electron chi connectivity index (χ1n) is 6.86. The molecule has 0 aliphatic carbocycles. The number of benzene rings is 1. The average molecular weight is 306 g/mol. The van der Waals surface area contributed by atoms with E-state index in [1.165, 1.54) is 6.07 Å². The zero-order chi connectivity index (χ0) is 15.5. The molecule has 118 valence electrons. The molecule has 1 heterocycles. The molecule has 3 nitrogen and oxygen atoms in total. The second kappa shape index (κ2) is 6.72. The second-order valence-corrected chi connectivity index (χ2v) is 5.18. The quantitative estimate of drug-likeness (QED) is 0.510. The first kappa shape index (κ1) is 16.2. The van der Waals surface area contributed by atoms with Gasteiger partial charge in [-0.2, -0.15) is 13.2 Å². The molecule has 2 unspecified atom stereocenters. The summed E-state index contributed by atoms with van der Waals surface area (Å²) in [6.07, 6.45) is -1.27. The van der Waals surface area contributed by atoms with E-state index in [1.54, 1.807) is 0 Å². The van der Waals surface area contributed by atoms with Gasteiger partial charge in [0.05, 0.1) is 11.7 Å². The average Bonchev–Trinajstić information content (AvgIpc) is 2.44. The van der Waals surface area contributed by atoms with E-state index in [2.05, 4.69) is 5.43 Å². The number of halogens is 4. The molecule has 1 aromatic rings. The highest BCUT2D eigenvalue weighted by atomic mass is 19.4. The SMILES string of the molecule is NNC(CC1CCCCO1)c1ccc(C(F)(F)F)c(F)c1. The summed E-state index contributed by atoms with van der Waals surface area (Å²) in [7, 11) is 0. The highest BCUT2D eigenvalue weighted by molar-refractivity contribution is 5.28. The Bertz CT molecular complexity index is 473. The van der Waals surface area contributed by atoms with E-state index in [1.807, 2.05) is 0 Å². The number of hydrazine groups is 1. The van der Waals surface area contributed by atoms with Crippen LogP contribution in [0.2, 0.25) is 0 Å². The van der Waals surface area contributed by atoms with Gasteiger partial charge in [-0.3, -0.25) is 11.3 Å². The minimum Gasteiger partial charge on any atom is -0.378 e. The van der Waals surface area contributed by atoms with Gasteiger partial charge in [0.15, 0.2) is 0 Å². The predicted molar refractivity (Wildman–Crippen MR) is 69.7 cm³/mol. The number of ether oxygens (including phenoxy) is 1.